The molecule has 5 N–H and O–H groups in total. The number of hydrogen-bond donors (Lipinski definition) is 3. The molecule has 4 aliphatic carbocycles. The van der Waals surface area contributed by atoms with E-state index in [0.717, 1.165) is 106 Å². The molecule has 1 amide bonds. The van der Waals surface area contributed by atoms with Gasteiger partial charge in [0.25, 0.3) is 0 Å². The number of nitrogens with two attached hydrogens (primary N) is 2. The van der Waals surface area contributed by atoms with Crippen LogP contribution in [-0.4, -0.2) is 62.1 Å². The quantitative estimate of drug-likeness (QED) is 0.0589. The van der Waals surface area contributed by atoms with Gasteiger partial charge in [-0.15, -0.1) is 0 Å². The van der Waals surface area contributed by atoms with Crippen LogP contribution in [0.2, 0.25) is 0 Å². The van der Waals surface area contributed by atoms with Crippen LogP contribution >= 0.6 is 0 Å². The molecule has 0 spiro atoms. The van der Waals surface area contributed by atoms with Crippen LogP contribution in [0, 0.1) is 52.3 Å². The standard InChI is InChI=1S/C44H80N4O3/c1-7-34(32(2)3)16-15-33(4)38-19-20-39-37-18-17-35-31-36(21-23-43(35,5)40(37)22-24-44(38,39)6)51-42(50)14-10-13-41(49)48(30-12-26-46)29-9-8-27-47-28-11-25-45/h17,32-34,36-40,47H,7-16,18-31,45-46H2,1-6H3/t33-,34-,36?,37?,38?,39?,40?,43?,44?/m1/s1. The Morgan fingerprint density at radius 2 is 1.65 bits per heavy atom. The highest BCUT2D eigenvalue weighted by Gasteiger charge is 2.59. The lowest BCUT2D eigenvalue weighted by atomic mass is 9.47. The minimum Gasteiger partial charge on any atom is -0.462 e. The van der Waals surface area contributed by atoms with Crippen molar-refractivity contribution in [3.05, 3.63) is 11.6 Å². The van der Waals surface area contributed by atoms with Crippen molar-refractivity contribution in [1.82, 2.24) is 10.2 Å². The number of fused-ring (bicyclic) bond motifs is 5. The van der Waals surface area contributed by atoms with Gasteiger partial charge in [0, 0.05) is 32.4 Å². The predicted octanol–water partition coefficient (Wildman–Crippen LogP) is 8.64. The normalized spacial score (nSPS) is 31.3. The molecule has 0 heterocycles. The van der Waals surface area contributed by atoms with Crippen molar-refractivity contribution in [2.45, 2.75) is 163 Å². The highest BCUT2D eigenvalue weighted by Crippen LogP contribution is 2.67. The summed E-state index contributed by atoms with van der Waals surface area (Å²) in [5.41, 5.74) is 13.6. The van der Waals surface area contributed by atoms with Crippen LogP contribution in [0.3, 0.4) is 0 Å². The number of rotatable bonds is 22. The van der Waals surface area contributed by atoms with Crippen LogP contribution in [0.25, 0.3) is 0 Å². The van der Waals surface area contributed by atoms with Crippen molar-refractivity contribution in [2.75, 3.05) is 39.3 Å². The SMILES string of the molecule is CC[C@H](CC[C@@H](C)C1CCC2C3CC=C4CC(OC(=O)CCCC(=O)N(CCCN)CCCCNCCCN)CCC4(C)C3CCC21C)C(C)C. The maximum atomic E-state index is 13.1. The summed E-state index contributed by atoms with van der Waals surface area (Å²) in [6, 6.07) is 0. The van der Waals surface area contributed by atoms with Crippen molar-refractivity contribution in [1.29, 1.82) is 0 Å². The second-order valence-electron chi connectivity index (χ2n) is 18.3. The number of esters is 1. The molecule has 0 aromatic carbocycles. The van der Waals surface area contributed by atoms with Crippen molar-refractivity contribution < 1.29 is 14.3 Å². The number of ether oxygens (including phenoxy) is 1. The smallest absolute Gasteiger partial charge is 0.306 e. The Hall–Kier alpha value is -1.44. The molecular weight excluding hydrogens is 633 g/mol. The van der Waals surface area contributed by atoms with Gasteiger partial charge in [-0.25, -0.2) is 0 Å². The van der Waals surface area contributed by atoms with E-state index in [2.05, 4.69) is 52.9 Å². The zero-order valence-electron chi connectivity index (χ0n) is 34.0. The lowest BCUT2D eigenvalue weighted by Gasteiger charge is -2.58. The number of allylic oxidation sites excluding steroid dienone is 1. The molecule has 0 bridgehead atoms. The Balaban J connectivity index is 1.23. The van der Waals surface area contributed by atoms with E-state index in [1.807, 2.05) is 4.90 Å². The molecule has 0 aromatic heterocycles. The fraction of sp³-hybridized carbons (Fsp3) is 0.909. The maximum absolute atomic E-state index is 13.1. The Kier molecular flexibility index (Phi) is 16.8. The van der Waals surface area contributed by atoms with Crippen LogP contribution < -0.4 is 16.8 Å². The summed E-state index contributed by atoms with van der Waals surface area (Å²) in [6.45, 7) is 19.6. The number of carbonyl (C=O) groups is 2. The van der Waals surface area contributed by atoms with E-state index >= 15 is 0 Å². The van der Waals surface area contributed by atoms with Gasteiger partial charge in [0.05, 0.1) is 0 Å². The lowest BCUT2D eigenvalue weighted by molar-refractivity contribution is -0.151. The molecule has 3 saturated carbocycles. The molecule has 0 aromatic rings. The molecule has 7 nitrogen and oxygen atoms in total. The van der Waals surface area contributed by atoms with Gasteiger partial charge in [0.15, 0.2) is 0 Å². The first-order valence-corrected chi connectivity index (χ1v) is 21.8. The monoisotopic (exact) mass is 713 g/mol. The summed E-state index contributed by atoms with van der Waals surface area (Å²) in [4.78, 5) is 28.0. The van der Waals surface area contributed by atoms with E-state index < -0.39 is 0 Å². The minimum absolute atomic E-state index is 0.0213. The molecule has 0 saturated heterocycles. The number of hydrogen-bond acceptors (Lipinski definition) is 6. The molecule has 4 rings (SSSR count). The van der Waals surface area contributed by atoms with Crippen LogP contribution in [0.15, 0.2) is 11.6 Å². The van der Waals surface area contributed by atoms with Crippen LogP contribution in [0.5, 0.6) is 0 Å². The van der Waals surface area contributed by atoms with Crippen LogP contribution in [-0.2, 0) is 14.3 Å². The number of unbranched alkanes of at least 4 members (excludes halogenated alkanes) is 1. The topological polar surface area (TPSA) is 111 Å². The van der Waals surface area contributed by atoms with E-state index in [-0.39, 0.29) is 23.4 Å². The molecule has 4 aliphatic rings. The second kappa shape index (κ2) is 20.3. The molecule has 7 unspecified atom stereocenters. The average Bonchev–Trinajstić information content (AvgIpc) is 3.46. The Bertz CT molecular complexity index is 1110. The Morgan fingerprint density at radius 1 is 0.902 bits per heavy atom. The zero-order valence-corrected chi connectivity index (χ0v) is 34.0. The molecule has 0 radical (unpaired) electrons. The van der Waals surface area contributed by atoms with Gasteiger partial charge in [-0.1, -0.05) is 66.0 Å². The van der Waals surface area contributed by atoms with Gasteiger partial charge < -0.3 is 26.4 Å². The largest absolute Gasteiger partial charge is 0.462 e. The highest BCUT2D eigenvalue weighted by molar-refractivity contribution is 5.77. The molecule has 0 aliphatic heterocycles. The summed E-state index contributed by atoms with van der Waals surface area (Å²) in [5, 5.41) is 3.41. The van der Waals surface area contributed by atoms with E-state index in [9.17, 15) is 9.59 Å². The zero-order chi connectivity index (χ0) is 37.0. The third kappa shape index (κ3) is 10.8. The molecular formula is C44H80N4O3. The van der Waals surface area contributed by atoms with Crippen molar-refractivity contribution in [3.8, 4) is 0 Å². The fourth-order valence-corrected chi connectivity index (χ4v) is 11.7. The predicted molar refractivity (Wildman–Crippen MR) is 212 cm³/mol. The first-order chi connectivity index (χ1) is 24.5. The second-order valence-corrected chi connectivity index (χ2v) is 18.3. The van der Waals surface area contributed by atoms with E-state index in [1.165, 1.54) is 51.4 Å². The summed E-state index contributed by atoms with van der Waals surface area (Å²) >= 11 is 0. The van der Waals surface area contributed by atoms with E-state index in [1.54, 1.807) is 5.57 Å². The number of amides is 1. The van der Waals surface area contributed by atoms with E-state index in [4.69, 9.17) is 16.2 Å². The highest BCUT2D eigenvalue weighted by atomic mass is 16.5. The van der Waals surface area contributed by atoms with Gasteiger partial charge >= 0.3 is 5.97 Å². The van der Waals surface area contributed by atoms with Gasteiger partial charge in [0.2, 0.25) is 5.91 Å². The van der Waals surface area contributed by atoms with Crippen molar-refractivity contribution >= 4 is 11.9 Å². The minimum atomic E-state index is -0.138. The first kappa shape index (κ1) is 42.3. The van der Waals surface area contributed by atoms with Crippen LogP contribution in [0.1, 0.15) is 157 Å². The summed E-state index contributed by atoms with van der Waals surface area (Å²) in [6.07, 6.45) is 21.6. The third-order valence-electron chi connectivity index (χ3n) is 14.9. The lowest BCUT2D eigenvalue weighted by Crippen LogP contribution is -2.51. The molecule has 3 fully saturated rings. The van der Waals surface area contributed by atoms with Gasteiger partial charge in [0.1, 0.15) is 6.10 Å². The average molecular weight is 713 g/mol. The Morgan fingerprint density at radius 3 is 2.37 bits per heavy atom. The number of nitrogens with one attached hydrogen (secondary N) is 1. The maximum Gasteiger partial charge on any atom is 0.306 e. The molecule has 294 valence electrons. The molecule has 51 heavy (non-hydrogen) atoms. The van der Waals surface area contributed by atoms with Gasteiger partial charge in [-0.05, 0) is 162 Å². The van der Waals surface area contributed by atoms with Gasteiger partial charge in [-0.2, -0.15) is 0 Å². The van der Waals surface area contributed by atoms with Crippen LogP contribution in [0.4, 0.5) is 0 Å². The fourth-order valence-electron chi connectivity index (χ4n) is 11.7. The van der Waals surface area contributed by atoms with Gasteiger partial charge in [-0.3, -0.25) is 9.59 Å². The van der Waals surface area contributed by atoms with E-state index in [0.29, 0.717) is 44.3 Å². The number of nitrogens with zero attached hydrogens (tertiary/aromatic N) is 1. The Labute approximate surface area is 313 Å². The van der Waals surface area contributed by atoms with Crippen molar-refractivity contribution in [2.24, 2.45) is 63.7 Å². The first-order valence-electron chi connectivity index (χ1n) is 21.8. The molecule has 7 heteroatoms. The summed E-state index contributed by atoms with van der Waals surface area (Å²) in [5.74, 6) is 5.81. The third-order valence-corrected chi connectivity index (χ3v) is 14.9. The number of carbonyl (C=O) groups excluding carboxylic acids is 2. The van der Waals surface area contributed by atoms with Crippen molar-refractivity contribution in [3.63, 3.8) is 0 Å². The summed E-state index contributed by atoms with van der Waals surface area (Å²) in [7, 11) is 0. The molecule has 9 atom stereocenters. The summed E-state index contributed by atoms with van der Waals surface area (Å²) < 4.78 is 6.10.